The molecule has 2 aromatic carbocycles. The maximum Gasteiger partial charge on any atom is 0.254 e. The molecule has 0 aliphatic carbocycles. The fourth-order valence-electron chi connectivity index (χ4n) is 4.01. The van der Waals surface area contributed by atoms with Gasteiger partial charge in [-0.15, -0.1) is 0 Å². The summed E-state index contributed by atoms with van der Waals surface area (Å²) in [6, 6.07) is 11.2. The van der Waals surface area contributed by atoms with Crippen LogP contribution in [0.3, 0.4) is 0 Å². The number of para-hydroxylation sites is 2. The number of nitrogens with zero attached hydrogens (tertiary/aromatic N) is 2. The number of carbonyl (C=O) groups excluding carboxylic acids is 1. The molecule has 1 fully saturated rings. The Hall–Kier alpha value is -3.22. The van der Waals surface area contributed by atoms with Crippen molar-refractivity contribution in [3.05, 3.63) is 47.9 Å². The van der Waals surface area contributed by atoms with E-state index in [0.29, 0.717) is 55.0 Å². The number of amides is 1. The van der Waals surface area contributed by atoms with Crippen molar-refractivity contribution in [3.63, 3.8) is 0 Å². The van der Waals surface area contributed by atoms with Crippen molar-refractivity contribution in [1.29, 1.82) is 0 Å². The average molecular weight is 394 g/mol. The molecule has 7 nitrogen and oxygen atoms in total. The third-order valence-electron chi connectivity index (χ3n) is 5.44. The van der Waals surface area contributed by atoms with Gasteiger partial charge in [-0.1, -0.05) is 12.1 Å². The molecule has 1 amide bonds. The van der Waals surface area contributed by atoms with Gasteiger partial charge in [0.15, 0.2) is 23.0 Å². The molecule has 2 aliphatic heterocycles. The molecule has 2 aliphatic rings. The van der Waals surface area contributed by atoms with Crippen molar-refractivity contribution < 1.29 is 23.4 Å². The first-order chi connectivity index (χ1) is 14.2. The summed E-state index contributed by atoms with van der Waals surface area (Å²) in [4.78, 5) is 19.7. The highest BCUT2D eigenvalue weighted by atomic mass is 16.6. The van der Waals surface area contributed by atoms with Gasteiger partial charge < -0.3 is 23.5 Å². The van der Waals surface area contributed by atoms with Crippen LogP contribution < -0.4 is 14.2 Å². The van der Waals surface area contributed by atoms with Gasteiger partial charge in [0.05, 0.1) is 13.0 Å². The molecule has 0 bridgehead atoms. The summed E-state index contributed by atoms with van der Waals surface area (Å²) in [5.74, 6) is 2.34. The minimum absolute atomic E-state index is 0.0546. The Morgan fingerprint density at radius 2 is 2.07 bits per heavy atom. The first kappa shape index (κ1) is 17.8. The topological polar surface area (TPSA) is 74.0 Å². The second kappa shape index (κ2) is 7.31. The lowest BCUT2D eigenvalue weighted by molar-refractivity contribution is 0.0697. The second-order valence-electron chi connectivity index (χ2n) is 7.31. The predicted octanol–water partition coefficient (Wildman–Crippen LogP) is 3.63. The SMILES string of the molecule is COc1cc(C(=O)N2CCCC(c3nc4ccccc4o3)C2)cc2c1OCCO2. The van der Waals surface area contributed by atoms with Gasteiger partial charge in [0.2, 0.25) is 5.75 Å². The van der Waals surface area contributed by atoms with Crippen molar-refractivity contribution >= 4 is 17.0 Å². The van der Waals surface area contributed by atoms with Gasteiger partial charge in [0.1, 0.15) is 18.7 Å². The van der Waals surface area contributed by atoms with Crippen LogP contribution >= 0.6 is 0 Å². The van der Waals surface area contributed by atoms with E-state index >= 15 is 0 Å². The molecule has 1 saturated heterocycles. The molecule has 1 aromatic heterocycles. The fourth-order valence-corrected chi connectivity index (χ4v) is 4.01. The molecule has 3 heterocycles. The van der Waals surface area contributed by atoms with Crippen molar-refractivity contribution in [3.8, 4) is 17.2 Å². The van der Waals surface area contributed by atoms with Crippen LogP contribution in [0.2, 0.25) is 0 Å². The minimum atomic E-state index is -0.0546. The van der Waals surface area contributed by atoms with E-state index in [4.69, 9.17) is 18.6 Å². The summed E-state index contributed by atoms with van der Waals surface area (Å²) in [6.45, 7) is 2.20. The highest BCUT2D eigenvalue weighted by molar-refractivity contribution is 5.95. The fraction of sp³-hybridized carbons (Fsp3) is 0.364. The normalized spacial score (nSPS) is 18.7. The molecule has 7 heteroatoms. The van der Waals surface area contributed by atoms with Gasteiger partial charge in [0, 0.05) is 18.7 Å². The van der Waals surface area contributed by atoms with Gasteiger partial charge in [-0.3, -0.25) is 4.79 Å². The maximum absolute atomic E-state index is 13.2. The lowest BCUT2D eigenvalue weighted by atomic mass is 9.97. The van der Waals surface area contributed by atoms with E-state index in [1.54, 1.807) is 19.2 Å². The zero-order valence-corrected chi connectivity index (χ0v) is 16.2. The summed E-state index contributed by atoms with van der Waals surface area (Å²) in [7, 11) is 1.56. The molecule has 0 N–H and O–H groups in total. The minimum Gasteiger partial charge on any atom is -0.493 e. The van der Waals surface area contributed by atoms with Crippen LogP contribution in [0.1, 0.15) is 35.0 Å². The van der Waals surface area contributed by atoms with Gasteiger partial charge in [0.25, 0.3) is 5.91 Å². The number of fused-ring (bicyclic) bond motifs is 2. The van der Waals surface area contributed by atoms with E-state index in [1.807, 2.05) is 29.2 Å². The quantitative estimate of drug-likeness (QED) is 0.675. The van der Waals surface area contributed by atoms with Crippen LogP contribution in [0.4, 0.5) is 0 Å². The Morgan fingerprint density at radius 1 is 1.21 bits per heavy atom. The molecule has 0 saturated carbocycles. The molecule has 3 aromatic rings. The number of rotatable bonds is 3. The Kier molecular flexibility index (Phi) is 4.50. The monoisotopic (exact) mass is 394 g/mol. The van der Waals surface area contributed by atoms with Crippen molar-refractivity contribution in [2.45, 2.75) is 18.8 Å². The van der Waals surface area contributed by atoms with Crippen molar-refractivity contribution in [1.82, 2.24) is 9.88 Å². The molecule has 1 unspecified atom stereocenters. The van der Waals surface area contributed by atoms with E-state index in [9.17, 15) is 4.79 Å². The molecular formula is C22H22N2O5. The first-order valence-corrected chi connectivity index (χ1v) is 9.85. The standard InChI is InChI=1S/C22H22N2O5/c1-26-18-11-15(12-19-20(18)28-10-9-27-19)22(25)24-8-4-5-14(13-24)21-23-16-6-2-3-7-17(16)29-21/h2-3,6-7,11-12,14H,4-5,8-10,13H2,1H3. The molecule has 29 heavy (non-hydrogen) atoms. The maximum atomic E-state index is 13.2. The zero-order chi connectivity index (χ0) is 19.8. The largest absolute Gasteiger partial charge is 0.493 e. The highest BCUT2D eigenvalue weighted by Gasteiger charge is 2.30. The number of hydrogen-bond donors (Lipinski definition) is 0. The Bertz CT molecular complexity index is 1010. The van der Waals surface area contributed by atoms with E-state index < -0.39 is 0 Å². The van der Waals surface area contributed by atoms with Crippen LogP contribution in [0, 0.1) is 0 Å². The predicted molar refractivity (Wildman–Crippen MR) is 106 cm³/mol. The molecule has 5 rings (SSSR count). The zero-order valence-electron chi connectivity index (χ0n) is 16.2. The summed E-state index contributed by atoms with van der Waals surface area (Å²) >= 11 is 0. The van der Waals surface area contributed by atoms with Crippen LogP contribution in [0.5, 0.6) is 17.2 Å². The summed E-state index contributed by atoms with van der Waals surface area (Å²) in [5, 5.41) is 0. The summed E-state index contributed by atoms with van der Waals surface area (Å²) in [6.07, 6.45) is 1.85. The van der Waals surface area contributed by atoms with Crippen molar-refractivity contribution in [2.75, 3.05) is 33.4 Å². The third-order valence-corrected chi connectivity index (χ3v) is 5.44. The number of oxazole rings is 1. The van der Waals surface area contributed by atoms with Crippen LogP contribution in [-0.4, -0.2) is 49.2 Å². The van der Waals surface area contributed by atoms with Crippen molar-refractivity contribution in [2.24, 2.45) is 0 Å². The van der Waals surface area contributed by atoms with E-state index in [-0.39, 0.29) is 11.8 Å². The number of piperidine rings is 1. The molecule has 150 valence electrons. The van der Waals surface area contributed by atoms with Gasteiger partial charge >= 0.3 is 0 Å². The third kappa shape index (κ3) is 3.26. The van der Waals surface area contributed by atoms with E-state index in [0.717, 1.165) is 23.9 Å². The smallest absolute Gasteiger partial charge is 0.254 e. The number of aromatic nitrogens is 1. The van der Waals surface area contributed by atoms with E-state index in [1.165, 1.54) is 0 Å². The van der Waals surface area contributed by atoms with Crippen LogP contribution in [-0.2, 0) is 0 Å². The Labute approximate surface area is 168 Å². The number of benzene rings is 2. The summed E-state index contributed by atoms with van der Waals surface area (Å²) < 4.78 is 22.7. The molecule has 1 atom stereocenters. The van der Waals surface area contributed by atoms with Crippen LogP contribution in [0.15, 0.2) is 40.8 Å². The van der Waals surface area contributed by atoms with Gasteiger partial charge in [-0.2, -0.15) is 0 Å². The van der Waals surface area contributed by atoms with Gasteiger partial charge in [-0.05, 0) is 37.1 Å². The second-order valence-corrected chi connectivity index (χ2v) is 7.31. The highest BCUT2D eigenvalue weighted by Crippen LogP contribution is 2.41. The number of hydrogen-bond acceptors (Lipinski definition) is 6. The Balaban J connectivity index is 1.40. The average Bonchev–Trinajstić information content (AvgIpc) is 3.22. The number of methoxy groups -OCH3 is 1. The molecule has 0 spiro atoms. The first-order valence-electron chi connectivity index (χ1n) is 9.85. The Morgan fingerprint density at radius 3 is 2.93 bits per heavy atom. The number of carbonyl (C=O) groups is 1. The van der Waals surface area contributed by atoms with Crippen LogP contribution in [0.25, 0.3) is 11.1 Å². The number of ether oxygens (including phenoxy) is 3. The molecule has 0 radical (unpaired) electrons. The lowest BCUT2D eigenvalue weighted by Gasteiger charge is -2.31. The van der Waals surface area contributed by atoms with Gasteiger partial charge in [-0.25, -0.2) is 4.98 Å². The lowest BCUT2D eigenvalue weighted by Crippen LogP contribution is -2.39. The molecular weight excluding hydrogens is 372 g/mol. The van der Waals surface area contributed by atoms with E-state index in [2.05, 4.69) is 4.98 Å². The number of likely N-dealkylation sites (tertiary alicyclic amines) is 1. The summed E-state index contributed by atoms with van der Waals surface area (Å²) in [5.41, 5.74) is 2.16.